The smallest absolute Gasteiger partial charge is 0.0715 e. The third-order valence-electron chi connectivity index (χ3n) is 10.9. The first-order valence-electron chi connectivity index (χ1n) is 19.0. The van der Waals surface area contributed by atoms with Crippen LogP contribution in [0.5, 0.6) is 0 Å². The second-order valence-electron chi connectivity index (χ2n) is 14.1. The van der Waals surface area contributed by atoms with Gasteiger partial charge in [0.15, 0.2) is 0 Å². The number of rotatable bonds is 8. The molecule has 0 saturated heterocycles. The molecule has 0 aliphatic rings. The van der Waals surface area contributed by atoms with Gasteiger partial charge in [-0.3, -0.25) is 9.67 Å². The number of allylic oxidation sites excluding steroid dienone is 1. The molecule has 0 radical (unpaired) electrons. The van der Waals surface area contributed by atoms with Crippen LogP contribution < -0.4 is 5.43 Å². The molecule has 266 valence electrons. The lowest BCUT2D eigenvalue weighted by molar-refractivity contribution is 1.05. The van der Waals surface area contributed by atoms with Crippen molar-refractivity contribution in [3.63, 3.8) is 0 Å². The quantitative estimate of drug-likeness (QED) is 0.156. The number of aliphatic imine (C=N–C) groups is 1. The number of nitrogens with one attached hydrogen (secondary N) is 1. The standard InChI is InChI=1S/C52H38N4/c1-53-48(42-16-12-15-39(33-42)38-25-23-37(24-26-38)36-13-4-2-5-14-36)31-32-54-56-51-22-11-9-19-44(51)46-29-27-41(35-52(46)56)40-28-30-50-47(34-40)45-20-8-10-21-49(45)55(50)43-17-6-3-7-18-43/h2-35,54H,1H3/b32-31-,53-48?. The number of hydrogen-bond acceptors (Lipinski definition) is 2. The third kappa shape index (κ3) is 5.85. The molecule has 8 aromatic carbocycles. The molecule has 0 unspecified atom stereocenters. The van der Waals surface area contributed by atoms with E-state index in [1.165, 1.54) is 54.8 Å². The minimum atomic E-state index is 0.893. The molecule has 0 bridgehead atoms. The van der Waals surface area contributed by atoms with Gasteiger partial charge in [-0.25, -0.2) is 0 Å². The SMILES string of the molecule is CN=C(/C=C\Nn1c2ccccc2c2ccc(-c3ccc4c(c3)c3ccccc3n4-c3ccccc3)cc21)c1cccc(-c2ccc(-c3ccccc3)cc2)c1. The first kappa shape index (κ1) is 33.2. The van der Waals surface area contributed by atoms with Gasteiger partial charge >= 0.3 is 0 Å². The molecule has 0 atom stereocenters. The van der Waals surface area contributed by atoms with Crippen molar-refractivity contribution in [3.05, 3.63) is 212 Å². The van der Waals surface area contributed by atoms with Gasteiger partial charge in [0.1, 0.15) is 0 Å². The zero-order valence-electron chi connectivity index (χ0n) is 31.0. The van der Waals surface area contributed by atoms with Crippen LogP contribution in [0.2, 0.25) is 0 Å². The summed E-state index contributed by atoms with van der Waals surface area (Å²) in [4.78, 5) is 4.69. The fourth-order valence-corrected chi connectivity index (χ4v) is 8.13. The molecule has 2 aromatic heterocycles. The lowest BCUT2D eigenvalue weighted by Gasteiger charge is -2.10. The Morgan fingerprint density at radius 3 is 1.73 bits per heavy atom. The van der Waals surface area contributed by atoms with Gasteiger partial charge in [0.05, 0.1) is 27.8 Å². The average Bonchev–Trinajstić information content (AvgIpc) is 3.77. The summed E-state index contributed by atoms with van der Waals surface area (Å²) in [6.07, 6.45) is 4.05. The number of hydrogen-bond donors (Lipinski definition) is 1. The molecule has 10 aromatic rings. The van der Waals surface area contributed by atoms with Crippen LogP contribution in [0.15, 0.2) is 211 Å². The maximum absolute atomic E-state index is 4.69. The van der Waals surface area contributed by atoms with Crippen LogP contribution in [0.4, 0.5) is 0 Å². The Morgan fingerprint density at radius 1 is 0.429 bits per heavy atom. The number of nitrogens with zero attached hydrogens (tertiary/aromatic N) is 3. The van der Waals surface area contributed by atoms with Crippen LogP contribution in [0, 0.1) is 0 Å². The maximum atomic E-state index is 4.69. The van der Waals surface area contributed by atoms with Crippen LogP contribution in [-0.4, -0.2) is 22.0 Å². The van der Waals surface area contributed by atoms with Crippen LogP contribution in [0.3, 0.4) is 0 Å². The van der Waals surface area contributed by atoms with E-state index in [1.807, 2.05) is 19.3 Å². The lowest BCUT2D eigenvalue weighted by Crippen LogP contribution is -2.08. The summed E-state index contributed by atoms with van der Waals surface area (Å²) < 4.78 is 4.54. The number of benzene rings is 8. The van der Waals surface area contributed by atoms with Crippen molar-refractivity contribution >= 4 is 49.3 Å². The van der Waals surface area contributed by atoms with Crippen molar-refractivity contribution in [3.8, 4) is 39.1 Å². The van der Waals surface area contributed by atoms with Crippen LogP contribution >= 0.6 is 0 Å². The molecule has 10 rings (SSSR count). The summed E-state index contributed by atoms with van der Waals surface area (Å²) in [7, 11) is 1.85. The molecule has 1 N–H and O–H groups in total. The summed E-state index contributed by atoms with van der Waals surface area (Å²) >= 11 is 0. The Bertz CT molecular complexity index is 3090. The lowest BCUT2D eigenvalue weighted by atomic mass is 9.98. The number of fused-ring (bicyclic) bond motifs is 6. The van der Waals surface area contributed by atoms with Gasteiger partial charge in [-0.2, -0.15) is 0 Å². The van der Waals surface area contributed by atoms with E-state index in [2.05, 4.69) is 209 Å². The van der Waals surface area contributed by atoms with Gasteiger partial charge < -0.3 is 9.99 Å². The molecule has 0 amide bonds. The minimum Gasteiger partial charge on any atom is -0.309 e. The summed E-state index contributed by atoms with van der Waals surface area (Å²) in [5.74, 6) is 0. The molecular formula is C52H38N4. The second-order valence-corrected chi connectivity index (χ2v) is 14.1. The van der Waals surface area contributed by atoms with Crippen molar-refractivity contribution in [2.45, 2.75) is 0 Å². The summed E-state index contributed by atoms with van der Waals surface area (Å²) in [6.45, 7) is 0. The Balaban J connectivity index is 0.979. The zero-order valence-corrected chi connectivity index (χ0v) is 31.0. The number of para-hydroxylation sites is 3. The minimum absolute atomic E-state index is 0.893. The van der Waals surface area contributed by atoms with E-state index in [0.29, 0.717) is 0 Å². The molecule has 2 heterocycles. The first-order chi connectivity index (χ1) is 27.7. The Morgan fingerprint density at radius 2 is 0.964 bits per heavy atom. The predicted octanol–water partition coefficient (Wildman–Crippen LogP) is 13.1. The fourth-order valence-electron chi connectivity index (χ4n) is 8.13. The van der Waals surface area contributed by atoms with Crippen LogP contribution in [-0.2, 0) is 0 Å². The third-order valence-corrected chi connectivity index (χ3v) is 10.9. The van der Waals surface area contributed by atoms with Crippen LogP contribution in [0.1, 0.15) is 5.56 Å². The Labute approximate surface area is 325 Å². The average molecular weight is 719 g/mol. The zero-order chi connectivity index (χ0) is 37.4. The molecule has 0 aliphatic heterocycles. The van der Waals surface area contributed by atoms with Gasteiger partial charge in [0.25, 0.3) is 0 Å². The van der Waals surface area contributed by atoms with E-state index in [4.69, 9.17) is 4.99 Å². The van der Waals surface area contributed by atoms with Crippen molar-refractivity contribution in [2.24, 2.45) is 4.99 Å². The largest absolute Gasteiger partial charge is 0.309 e. The van der Waals surface area contributed by atoms with E-state index in [-0.39, 0.29) is 0 Å². The van der Waals surface area contributed by atoms with Crippen LogP contribution in [0.25, 0.3) is 82.7 Å². The van der Waals surface area contributed by atoms with Gasteiger partial charge in [0, 0.05) is 46.0 Å². The topological polar surface area (TPSA) is 34.2 Å². The van der Waals surface area contributed by atoms with Gasteiger partial charge in [-0.05, 0) is 88.0 Å². The van der Waals surface area contributed by atoms with Crippen molar-refractivity contribution in [2.75, 3.05) is 12.5 Å². The molecule has 0 fully saturated rings. The maximum Gasteiger partial charge on any atom is 0.0715 e. The summed E-state index contributed by atoms with van der Waals surface area (Å²) in [6, 6.07) is 69.4. The molecule has 4 nitrogen and oxygen atoms in total. The molecule has 0 spiro atoms. The van der Waals surface area contributed by atoms with Crippen molar-refractivity contribution < 1.29 is 0 Å². The van der Waals surface area contributed by atoms with Gasteiger partial charge in [-0.1, -0.05) is 146 Å². The molecular weight excluding hydrogens is 681 g/mol. The molecule has 4 heteroatoms. The van der Waals surface area contributed by atoms with Crippen molar-refractivity contribution in [1.82, 2.24) is 9.24 Å². The second kappa shape index (κ2) is 14.1. The van der Waals surface area contributed by atoms with Gasteiger partial charge in [-0.15, -0.1) is 0 Å². The highest BCUT2D eigenvalue weighted by Crippen LogP contribution is 2.37. The normalized spacial score (nSPS) is 12.1. The highest BCUT2D eigenvalue weighted by atomic mass is 15.4. The van der Waals surface area contributed by atoms with E-state index in [1.54, 1.807) is 0 Å². The molecule has 0 saturated carbocycles. The summed E-state index contributed by atoms with van der Waals surface area (Å²) in [5.41, 5.74) is 18.5. The van der Waals surface area contributed by atoms with Crippen molar-refractivity contribution in [1.29, 1.82) is 0 Å². The molecule has 0 aliphatic carbocycles. The highest BCUT2D eigenvalue weighted by molar-refractivity contribution is 6.12. The summed E-state index contributed by atoms with van der Waals surface area (Å²) in [5, 5.41) is 4.88. The number of aromatic nitrogens is 2. The predicted molar refractivity (Wildman–Crippen MR) is 237 cm³/mol. The van der Waals surface area contributed by atoms with Gasteiger partial charge in [0.2, 0.25) is 0 Å². The Kier molecular flexibility index (Phi) is 8.34. The van der Waals surface area contributed by atoms with E-state index in [9.17, 15) is 0 Å². The van der Waals surface area contributed by atoms with E-state index < -0.39 is 0 Å². The Hall–Kier alpha value is -7.43. The monoisotopic (exact) mass is 718 g/mol. The molecule has 56 heavy (non-hydrogen) atoms. The fraction of sp³-hybridized carbons (Fsp3) is 0.0192. The van der Waals surface area contributed by atoms with E-state index in [0.717, 1.165) is 39.1 Å². The highest BCUT2D eigenvalue weighted by Gasteiger charge is 2.15. The van der Waals surface area contributed by atoms with E-state index >= 15 is 0 Å². The first-order valence-corrected chi connectivity index (χ1v) is 19.0.